The number of fused-ring (bicyclic) bond motifs is 1. The highest BCUT2D eigenvalue weighted by atomic mass is 15.1. The van der Waals surface area contributed by atoms with Crippen molar-refractivity contribution in [2.45, 2.75) is 43.9 Å². The number of H-pyrrole nitrogens is 1. The van der Waals surface area contributed by atoms with Gasteiger partial charge in [0, 0.05) is 28.7 Å². The molecule has 136 valence electrons. The fourth-order valence-corrected chi connectivity index (χ4v) is 5.18. The topological polar surface area (TPSA) is 28.7 Å². The Morgan fingerprint density at radius 1 is 0.852 bits per heavy atom. The van der Waals surface area contributed by atoms with E-state index in [0.717, 1.165) is 12.1 Å². The van der Waals surface area contributed by atoms with Crippen LogP contribution >= 0.6 is 0 Å². The molecule has 0 radical (unpaired) electrons. The maximum Gasteiger partial charge on any atom is 0.0995 e. The molecular weight excluding hydrogens is 328 g/mol. The molecule has 1 atom stereocenters. The maximum atomic E-state index is 4.70. The van der Waals surface area contributed by atoms with E-state index in [1.54, 1.807) is 0 Å². The van der Waals surface area contributed by atoms with Crippen LogP contribution in [0.1, 0.15) is 48.9 Å². The standard InChI is InChI=1S/C25H26N2/c1-4-10-19(11-5-1)24-22-16-17-25(18-23(22)26-27-24,20-12-6-2-7-13-20)21-14-8-3-9-15-21/h1-2,4-7,10-13,16-17,21H,3,8-9,14-15,18H2,(H,26,27). The van der Waals surface area contributed by atoms with E-state index in [0.29, 0.717) is 5.92 Å². The predicted molar refractivity (Wildman–Crippen MR) is 111 cm³/mol. The van der Waals surface area contributed by atoms with Crippen molar-refractivity contribution in [3.05, 3.63) is 83.6 Å². The number of aromatic amines is 1. The van der Waals surface area contributed by atoms with Crippen LogP contribution in [0.3, 0.4) is 0 Å². The number of hydrogen-bond acceptors (Lipinski definition) is 1. The van der Waals surface area contributed by atoms with Crippen LogP contribution in [-0.4, -0.2) is 10.2 Å². The summed E-state index contributed by atoms with van der Waals surface area (Å²) in [6, 6.07) is 21.6. The molecule has 2 aromatic carbocycles. The van der Waals surface area contributed by atoms with E-state index in [2.05, 4.69) is 77.9 Å². The van der Waals surface area contributed by atoms with Crippen LogP contribution in [0, 0.1) is 5.92 Å². The Morgan fingerprint density at radius 2 is 1.56 bits per heavy atom. The highest BCUT2D eigenvalue weighted by Gasteiger charge is 2.41. The number of aromatic nitrogens is 2. The lowest BCUT2D eigenvalue weighted by atomic mass is 9.61. The second kappa shape index (κ2) is 6.84. The van der Waals surface area contributed by atoms with Crippen molar-refractivity contribution in [1.82, 2.24) is 10.2 Å². The van der Waals surface area contributed by atoms with Crippen LogP contribution in [0.15, 0.2) is 66.7 Å². The van der Waals surface area contributed by atoms with Gasteiger partial charge >= 0.3 is 0 Å². The summed E-state index contributed by atoms with van der Waals surface area (Å²) in [5.74, 6) is 0.710. The first-order chi connectivity index (χ1) is 13.4. The van der Waals surface area contributed by atoms with Crippen LogP contribution in [0.2, 0.25) is 0 Å². The van der Waals surface area contributed by atoms with Crippen LogP contribution in [-0.2, 0) is 11.8 Å². The Kier molecular flexibility index (Phi) is 4.20. The van der Waals surface area contributed by atoms with E-state index in [1.807, 2.05) is 0 Å². The first kappa shape index (κ1) is 16.6. The lowest BCUT2D eigenvalue weighted by Crippen LogP contribution is -2.38. The highest BCUT2D eigenvalue weighted by Crippen LogP contribution is 2.47. The zero-order valence-electron chi connectivity index (χ0n) is 15.7. The van der Waals surface area contributed by atoms with Gasteiger partial charge in [0.2, 0.25) is 0 Å². The van der Waals surface area contributed by atoms with E-state index in [1.165, 1.54) is 54.5 Å². The number of nitrogens with zero attached hydrogens (tertiary/aromatic N) is 1. The summed E-state index contributed by atoms with van der Waals surface area (Å²) in [4.78, 5) is 0. The van der Waals surface area contributed by atoms with Gasteiger partial charge < -0.3 is 0 Å². The Hall–Kier alpha value is -2.61. The van der Waals surface area contributed by atoms with E-state index >= 15 is 0 Å². The third kappa shape index (κ3) is 2.84. The minimum atomic E-state index is 0.0924. The van der Waals surface area contributed by atoms with Crippen LogP contribution < -0.4 is 0 Å². The first-order valence-electron chi connectivity index (χ1n) is 10.2. The fraction of sp³-hybridized carbons (Fsp3) is 0.320. The van der Waals surface area contributed by atoms with Crippen molar-refractivity contribution in [3.8, 4) is 11.3 Å². The highest BCUT2D eigenvalue weighted by molar-refractivity contribution is 5.75. The number of rotatable bonds is 3. The van der Waals surface area contributed by atoms with Crippen LogP contribution in [0.4, 0.5) is 0 Å². The van der Waals surface area contributed by atoms with Crippen LogP contribution in [0.5, 0.6) is 0 Å². The van der Waals surface area contributed by atoms with Gasteiger partial charge in [-0.1, -0.05) is 92.1 Å². The van der Waals surface area contributed by atoms with Gasteiger partial charge in [-0.2, -0.15) is 5.10 Å². The molecule has 1 aromatic heterocycles. The lowest BCUT2D eigenvalue weighted by molar-refractivity contribution is 0.241. The van der Waals surface area contributed by atoms with Crippen molar-refractivity contribution < 1.29 is 0 Å². The molecule has 0 spiro atoms. The molecule has 0 bridgehead atoms. The largest absolute Gasteiger partial charge is 0.281 e. The molecule has 1 fully saturated rings. The fourth-order valence-electron chi connectivity index (χ4n) is 5.18. The third-order valence-electron chi connectivity index (χ3n) is 6.59. The zero-order valence-corrected chi connectivity index (χ0v) is 15.7. The number of nitrogens with one attached hydrogen (secondary N) is 1. The Balaban J connectivity index is 1.59. The molecule has 2 heteroatoms. The summed E-state index contributed by atoms with van der Waals surface area (Å²) in [7, 11) is 0. The van der Waals surface area contributed by atoms with Gasteiger partial charge in [0.25, 0.3) is 0 Å². The summed E-state index contributed by atoms with van der Waals surface area (Å²) in [6.07, 6.45) is 12.6. The smallest absolute Gasteiger partial charge is 0.0995 e. The average Bonchev–Trinajstić information content (AvgIpc) is 3.18. The molecule has 0 saturated heterocycles. The molecule has 1 N–H and O–H groups in total. The van der Waals surface area contributed by atoms with Gasteiger partial charge in [-0.3, -0.25) is 5.10 Å². The summed E-state index contributed by atoms with van der Waals surface area (Å²) in [6.45, 7) is 0. The first-order valence-corrected chi connectivity index (χ1v) is 10.2. The normalized spacial score (nSPS) is 22.5. The van der Waals surface area contributed by atoms with Gasteiger partial charge in [0.1, 0.15) is 0 Å². The summed E-state index contributed by atoms with van der Waals surface area (Å²) >= 11 is 0. The quantitative estimate of drug-likeness (QED) is 0.599. The Labute approximate surface area is 161 Å². The number of hydrogen-bond donors (Lipinski definition) is 1. The van der Waals surface area contributed by atoms with E-state index < -0.39 is 0 Å². The molecular formula is C25H26N2. The van der Waals surface area contributed by atoms with E-state index in [4.69, 9.17) is 5.10 Å². The minimum Gasteiger partial charge on any atom is -0.281 e. The second-order valence-corrected chi connectivity index (χ2v) is 8.08. The molecule has 27 heavy (non-hydrogen) atoms. The molecule has 2 aliphatic rings. The van der Waals surface area contributed by atoms with Gasteiger partial charge in [-0.15, -0.1) is 0 Å². The molecule has 5 rings (SSSR count). The third-order valence-corrected chi connectivity index (χ3v) is 6.59. The molecule has 3 aromatic rings. The minimum absolute atomic E-state index is 0.0924. The maximum absolute atomic E-state index is 4.70. The van der Waals surface area contributed by atoms with Gasteiger partial charge in [-0.05, 0) is 24.3 Å². The molecule has 1 saturated carbocycles. The number of benzene rings is 2. The predicted octanol–water partition coefficient (Wildman–Crippen LogP) is 6.16. The second-order valence-electron chi connectivity index (χ2n) is 8.08. The van der Waals surface area contributed by atoms with Crippen molar-refractivity contribution in [2.24, 2.45) is 5.92 Å². The molecule has 2 nitrogen and oxygen atoms in total. The summed E-state index contributed by atoms with van der Waals surface area (Å²) in [5, 5.41) is 8.08. The van der Waals surface area contributed by atoms with Crippen molar-refractivity contribution >= 4 is 6.08 Å². The number of allylic oxidation sites excluding steroid dienone is 1. The van der Waals surface area contributed by atoms with Gasteiger partial charge in [-0.25, -0.2) is 0 Å². The van der Waals surface area contributed by atoms with Crippen molar-refractivity contribution in [1.29, 1.82) is 0 Å². The van der Waals surface area contributed by atoms with Crippen molar-refractivity contribution in [2.75, 3.05) is 0 Å². The lowest BCUT2D eigenvalue weighted by Gasteiger charge is -2.43. The summed E-state index contributed by atoms with van der Waals surface area (Å²) < 4.78 is 0. The Morgan fingerprint density at radius 3 is 2.30 bits per heavy atom. The molecule has 1 heterocycles. The Bertz CT molecular complexity index is 933. The molecule has 0 amide bonds. The molecule has 1 unspecified atom stereocenters. The van der Waals surface area contributed by atoms with Crippen molar-refractivity contribution in [3.63, 3.8) is 0 Å². The van der Waals surface area contributed by atoms with E-state index in [-0.39, 0.29) is 5.41 Å². The molecule has 2 aliphatic carbocycles. The summed E-state index contributed by atoms with van der Waals surface area (Å²) in [5.41, 5.74) is 6.36. The van der Waals surface area contributed by atoms with E-state index in [9.17, 15) is 0 Å². The zero-order chi connectivity index (χ0) is 18.1. The SMILES string of the molecule is C1=CC(c2ccccc2)(C2CCCCC2)Cc2[nH]nc(-c3ccccc3)c21. The van der Waals surface area contributed by atoms with Gasteiger partial charge in [0.05, 0.1) is 5.69 Å². The van der Waals surface area contributed by atoms with Crippen LogP contribution in [0.25, 0.3) is 17.3 Å². The van der Waals surface area contributed by atoms with Gasteiger partial charge in [0.15, 0.2) is 0 Å². The average molecular weight is 354 g/mol. The monoisotopic (exact) mass is 354 g/mol. The molecule has 0 aliphatic heterocycles.